The van der Waals surface area contributed by atoms with E-state index in [1.807, 2.05) is 0 Å². The molecule has 0 fully saturated rings. The molecule has 0 spiro atoms. The number of benzene rings is 1. The van der Waals surface area contributed by atoms with Gasteiger partial charge in [-0.05, 0) is 46.7 Å². The molecule has 0 bridgehead atoms. The molecule has 0 radical (unpaired) electrons. The maximum absolute atomic E-state index is 3.34. The molecule has 0 amide bonds. The number of hydrogen-bond donors (Lipinski definition) is 1. The zero-order valence-electron chi connectivity index (χ0n) is 5.52. The predicted molar refractivity (Wildman–Crippen MR) is 51.4 cm³/mol. The summed E-state index contributed by atoms with van der Waals surface area (Å²) >= 11 is 2.39. The van der Waals surface area contributed by atoms with Crippen LogP contribution in [0.3, 0.4) is 0 Å². The van der Waals surface area contributed by atoms with Crippen molar-refractivity contribution in [1.82, 2.24) is 0 Å². The Kier molecular flexibility index (Phi) is 1.56. The number of hydrogen-bond acceptors (Lipinski definition) is 1. The molecule has 0 aromatic heterocycles. The van der Waals surface area contributed by atoms with Crippen molar-refractivity contribution in [3.63, 3.8) is 0 Å². The van der Waals surface area contributed by atoms with E-state index in [-0.39, 0.29) is 0 Å². The SMILES string of the molecule is Ic1cccc2c1CCN2. The van der Waals surface area contributed by atoms with Crippen LogP contribution in [0.5, 0.6) is 0 Å². The highest BCUT2D eigenvalue weighted by Crippen LogP contribution is 2.25. The van der Waals surface area contributed by atoms with E-state index in [9.17, 15) is 0 Å². The predicted octanol–water partition coefficient (Wildman–Crippen LogP) is 2.26. The minimum atomic E-state index is 1.11. The minimum Gasteiger partial charge on any atom is -0.384 e. The average Bonchev–Trinajstić information content (AvgIpc) is 2.36. The second-order valence-electron chi connectivity index (χ2n) is 2.44. The first kappa shape index (κ1) is 6.46. The van der Waals surface area contributed by atoms with Gasteiger partial charge in [0.25, 0.3) is 0 Å². The summed E-state index contributed by atoms with van der Waals surface area (Å²) in [6, 6.07) is 6.40. The van der Waals surface area contributed by atoms with Crippen molar-refractivity contribution in [2.75, 3.05) is 11.9 Å². The summed E-state index contributed by atoms with van der Waals surface area (Å²) < 4.78 is 1.39. The van der Waals surface area contributed by atoms with E-state index in [1.165, 1.54) is 21.2 Å². The summed E-state index contributed by atoms with van der Waals surface area (Å²) in [4.78, 5) is 0. The Morgan fingerprint density at radius 3 is 3.10 bits per heavy atom. The van der Waals surface area contributed by atoms with E-state index >= 15 is 0 Å². The van der Waals surface area contributed by atoms with E-state index in [2.05, 4.69) is 46.1 Å². The van der Waals surface area contributed by atoms with Crippen LogP contribution in [0.25, 0.3) is 0 Å². The molecule has 2 heteroatoms. The van der Waals surface area contributed by atoms with Gasteiger partial charge in [0.05, 0.1) is 0 Å². The fourth-order valence-electron chi connectivity index (χ4n) is 1.30. The quantitative estimate of drug-likeness (QED) is 0.691. The minimum absolute atomic E-state index is 1.11. The van der Waals surface area contributed by atoms with Gasteiger partial charge in [-0.1, -0.05) is 6.07 Å². The average molecular weight is 245 g/mol. The van der Waals surface area contributed by atoms with Gasteiger partial charge in [0.1, 0.15) is 0 Å². The van der Waals surface area contributed by atoms with Crippen LogP contribution >= 0.6 is 22.6 Å². The Balaban J connectivity index is 2.59. The highest BCUT2D eigenvalue weighted by Gasteiger charge is 2.10. The molecule has 1 N–H and O–H groups in total. The molecule has 1 nitrogen and oxygen atoms in total. The van der Waals surface area contributed by atoms with Crippen LogP contribution in [-0.4, -0.2) is 6.54 Å². The van der Waals surface area contributed by atoms with Crippen LogP contribution in [0.2, 0.25) is 0 Å². The number of nitrogens with one attached hydrogen (secondary N) is 1. The van der Waals surface area contributed by atoms with Crippen LogP contribution in [0.15, 0.2) is 18.2 Å². The smallest absolute Gasteiger partial charge is 0.0384 e. The van der Waals surface area contributed by atoms with Gasteiger partial charge in [-0.2, -0.15) is 0 Å². The molecule has 1 aliphatic heterocycles. The second-order valence-corrected chi connectivity index (χ2v) is 3.60. The standard InChI is InChI=1S/C8H8IN/c9-7-2-1-3-8-6(7)4-5-10-8/h1-3,10H,4-5H2. The fourth-order valence-corrected chi connectivity index (χ4v) is 2.07. The van der Waals surface area contributed by atoms with Crippen molar-refractivity contribution in [2.24, 2.45) is 0 Å². The van der Waals surface area contributed by atoms with Crippen LogP contribution in [0.1, 0.15) is 5.56 Å². The Morgan fingerprint density at radius 1 is 1.40 bits per heavy atom. The number of halogens is 1. The van der Waals surface area contributed by atoms with E-state index < -0.39 is 0 Å². The van der Waals surface area contributed by atoms with Crippen LogP contribution < -0.4 is 5.32 Å². The first-order valence-electron chi connectivity index (χ1n) is 3.39. The van der Waals surface area contributed by atoms with Gasteiger partial charge < -0.3 is 5.32 Å². The lowest BCUT2D eigenvalue weighted by Gasteiger charge is -1.99. The van der Waals surface area contributed by atoms with Gasteiger partial charge in [0, 0.05) is 15.8 Å². The van der Waals surface area contributed by atoms with Gasteiger partial charge in [0.15, 0.2) is 0 Å². The molecule has 1 heterocycles. The number of anilines is 1. The molecule has 0 saturated heterocycles. The highest BCUT2D eigenvalue weighted by molar-refractivity contribution is 14.1. The number of rotatable bonds is 0. The monoisotopic (exact) mass is 245 g/mol. The molecular formula is C8H8IN. The number of fused-ring (bicyclic) bond motifs is 1. The fraction of sp³-hybridized carbons (Fsp3) is 0.250. The molecule has 0 saturated carbocycles. The van der Waals surface area contributed by atoms with Gasteiger partial charge in [0.2, 0.25) is 0 Å². The Labute approximate surface area is 74.0 Å². The lowest BCUT2D eigenvalue weighted by molar-refractivity contribution is 1.10. The van der Waals surface area contributed by atoms with Gasteiger partial charge in [-0.3, -0.25) is 0 Å². The van der Waals surface area contributed by atoms with Crippen molar-refractivity contribution in [3.05, 3.63) is 27.3 Å². The van der Waals surface area contributed by atoms with E-state index in [0.717, 1.165) is 6.54 Å². The van der Waals surface area contributed by atoms with Gasteiger partial charge in [-0.25, -0.2) is 0 Å². The first-order valence-corrected chi connectivity index (χ1v) is 4.47. The normalized spacial score (nSPS) is 14.5. The summed E-state index contributed by atoms with van der Waals surface area (Å²) in [7, 11) is 0. The first-order chi connectivity index (χ1) is 4.88. The Hall–Kier alpha value is -0.250. The Bertz CT molecular complexity index is 257. The highest BCUT2D eigenvalue weighted by atomic mass is 127. The maximum Gasteiger partial charge on any atom is 0.0384 e. The van der Waals surface area contributed by atoms with E-state index in [4.69, 9.17) is 0 Å². The van der Waals surface area contributed by atoms with Crippen LogP contribution in [0.4, 0.5) is 5.69 Å². The maximum atomic E-state index is 3.34. The van der Waals surface area contributed by atoms with E-state index in [0.29, 0.717) is 0 Å². The summed E-state index contributed by atoms with van der Waals surface area (Å²) in [5, 5.41) is 3.34. The second kappa shape index (κ2) is 2.42. The van der Waals surface area contributed by atoms with Crippen molar-refractivity contribution in [3.8, 4) is 0 Å². The molecule has 1 aromatic rings. The molecule has 2 rings (SSSR count). The summed E-state index contributed by atoms with van der Waals surface area (Å²) in [5.41, 5.74) is 2.81. The third-order valence-corrected chi connectivity index (χ3v) is 2.82. The molecule has 0 aliphatic carbocycles. The molecule has 0 atom stereocenters. The molecule has 0 unspecified atom stereocenters. The molecule has 52 valence electrons. The van der Waals surface area contributed by atoms with E-state index in [1.54, 1.807) is 0 Å². The zero-order chi connectivity index (χ0) is 6.97. The lowest BCUT2D eigenvalue weighted by Crippen LogP contribution is -1.90. The van der Waals surface area contributed by atoms with Gasteiger partial charge >= 0.3 is 0 Å². The molecular weight excluding hydrogens is 237 g/mol. The summed E-state index contributed by atoms with van der Waals surface area (Å²) in [5.74, 6) is 0. The largest absolute Gasteiger partial charge is 0.384 e. The van der Waals surface area contributed by atoms with Gasteiger partial charge in [-0.15, -0.1) is 0 Å². The van der Waals surface area contributed by atoms with Crippen molar-refractivity contribution < 1.29 is 0 Å². The van der Waals surface area contributed by atoms with Crippen LogP contribution in [0, 0.1) is 3.57 Å². The molecule has 1 aliphatic rings. The Morgan fingerprint density at radius 2 is 2.30 bits per heavy atom. The third kappa shape index (κ3) is 0.905. The summed E-state index contributed by atoms with van der Waals surface area (Å²) in [6.45, 7) is 1.11. The third-order valence-electron chi connectivity index (χ3n) is 1.81. The lowest BCUT2D eigenvalue weighted by atomic mass is 10.2. The molecule has 10 heavy (non-hydrogen) atoms. The summed E-state index contributed by atoms with van der Waals surface area (Å²) in [6.07, 6.45) is 1.19. The molecule has 1 aromatic carbocycles. The van der Waals surface area contributed by atoms with Crippen molar-refractivity contribution in [2.45, 2.75) is 6.42 Å². The van der Waals surface area contributed by atoms with Crippen molar-refractivity contribution in [1.29, 1.82) is 0 Å². The van der Waals surface area contributed by atoms with Crippen LogP contribution in [-0.2, 0) is 6.42 Å². The van der Waals surface area contributed by atoms with Crippen molar-refractivity contribution >= 4 is 28.3 Å². The topological polar surface area (TPSA) is 12.0 Å². The zero-order valence-corrected chi connectivity index (χ0v) is 7.68.